The lowest BCUT2D eigenvalue weighted by Crippen LogP contribution is -2.17. The number of halogens is 1. The minimum atomic E-state index is -3.89. The third-order valence-corrected chi connectivity index (χ3v) is 3.70. The van der Waals surface area contributed by atoms with Crippen LogP contribution >= 0.6 is 0 Å². The van der Waals surface area contributed by atoms with E-state index in [1.807, 2.05) is 0 Å². The van der Waals surface area contributed by atoms with E-state index in [9.17, 15) is 17.6 Å². The highest BCUT2D eigenvalue weighted by atomic mass is 32.2. The summed E-state index contributed by atoms with van der Waals surface area (Å²) in [5, 5.41) is 7.47. The number of hydrogen-bond donors (Lipinski definition) is 2. The van der Waals surface area contributed by atoms with Gasteiger partial charge in [-0.1, -0.05) is 6.07 Å². The summed E-state index contributed by atoms with van der Waals surface area (Å²) in [6, 6.07) is 6.74. The fourth-order valence-corrected chi connectivity index (χ4v) is 2.20. The van der Waals surface area contributed by atoms with Gasteiger partial charge in [0.2, 0.25) is 16.0 Å². The van der Waals surface area contributed by atoms with Gasteiger partial charge in [-0.2, -0.15) is 4.39 Å². The molecule has 2 aromatic rings. The van der Waals surface area contributed by atoms with Gasteiger partial charge in [-0.15, -0.1) is 0 Å². The van der Waals surface area contributed by atoms with Crippen molar-refractivity contribution >= 4 is 21.6 Å². The van der Waals surface area contributed by atoms with E-state index in [2.05, 4.69) is 10.3 Å². The average molecular weight is 309 g/mol. The van der Waals surface area contributed by atoms with E-state index in [0.717, 1.165) is 0 Å². The number of nitrogens with two attached hydrogens (primary N) is 1. The predicted molar refractivity (Wildman–Crippen MR) is 74.7 cm³/mol. The van der Waals surface area contributed by atoms with Crippen molar-refractivity contribution in [2.75, 3.05) is 5.32 Å². The smallest absolute Gasteiger partial charge is 0.260 e. The molecule has 0 aliphatic carbocycles. The number of hydrogen-bond acceptors (Lipinski definition) is 4. The van der Waals surface area contributed by atoms with Crippen LogP contribution in [0, 0.1) is 12.9 Å². The number of sulfonamides is 1. The van der Waals surface area contributed by atoms with Gasteiger partial charge in [0.25, 0.3) is 5.91 Å². The number of pyridine rings is 1. The second-order valence-electron chi connectivity index (χ2n) is 4.32. The summed E-state index contributed by atoms with van der Waals surface area (Å²) in [5.41, 5.74) is 0.604. The summed E-state index contributed by atoms with van der Waals surface area (Å²) >= 11 is 0. The molecule has 0 aliphatic rings. The standard InChI is InChI=1S/C13H12FN3O3S/c1-8-4-5-9(21(15,19)20)7-11(8)17-13(18)10-3-2-6-16-12(10)14/h2-7H,1H3,(H,17,18)(H2,15,19,20). The summed E-state index contributed by atoms with van der Waals surface area (Å²) in [7, 11) is -3.89. The third-order valence-electron chi connectivity index (χ3n) is 2.79. The largest absolute Gasteiger partial charge is 0.322 e. The van der Waals surface area contributed by atoms with Crippen LogP contribution in [0.25, 0.3) is 0 Å². The quantitative estimate of drug-likeness (QED) is 0.837. The van der Waals surface area contributed by atoms with E-state index in [0.29, 0.717) is 5.56 Å². The van der Waals surface area contributed by atoms with Gasteiger partial charge in [-0.3, -0.25) is 4.79 Å². The molecule has 0 saturated carbocycles. The molecule has 21 heavy (non-hydrogen) atoms. The number of amides is 1. The van der Waals surface area contributed by atoms with Crippen LogP contribution in [0.2, 0.25) is 0 Å². The van der Waals surface area contributed by atoms with Crippen LogP contribution in [-0.4, -0.2) is 19.3 Å². The SMILES string of the molecule is Cc1ccc(S(N)(=O)=O)cc1NC(=O)c1cccnc1F. The van der Waals surface area contributed by atoms with Crippen LogP contribution in [0.4, 0.5) is 10.1 Å². The number of aromatic nitrogens is 1. The number of carbonyl (C=O) groups excluding carboxylic acids is 1. The van der Waals surface area contributed by atoms with Crippen molar-refractivity contribution in [1.29, 1.82) is 0 Å². The number of benzene rings is 1. The van der Waals surface area contributed by atoms with Gasteiger partial charge < -0.3 is 5.32 Å². The molecule has 0 saturated heterocycles. The van der Waals surface area contributed by atoms with Gasteiger partial charge in [-0.05, 0) is 36.8 Å². The Balaban J connectivity index is 2.36. The number of carbonyl (C=O) groups is 1. The minimum Gasteiger partial charge on any atom is -0.322 e. The molecule has 0 unspecified atom stereocenters. The Morgan fingerprint density at radius 3 is 2.67 bits per heavy atom. The average Bonchev–Trinajstić information content (AvgIpc) is 2.40. The lowest BCUT2D eigenvalue weighted by atomic mass is 10.2. The van der Waals surface area contributed by atoms with Crippen molar-refractivity contribution in [3.8, 4) is 0 Å². The predicted octanol–water partition coefficient (Wildman–Crippen LogP) is 1.43. The van der Waals surface area contributed by atoms with Crippen molar-refractivity contribution in [3.05, 3.63) is 53.6 Å². The van der Waals surface area contributed by atoms with Crippen LogP contribution < -0.4 is 10.5 Å². The fraction of sp³-hybridized carbons (Fsp3) is 0.0769. The molecule has 2 rings (SSSR count). The number of anilines is 1. The molecular weight excluding hydrogens is 297 g/mol. The summed E-state index contributed by atoms with van der Waals surface area (Å²) in [5.74, 6) is -1.63. The Morgan fingerprint density at radius 2 is 2.05 bits per heavy atom. The first-order valence-electron chi connectivity index (χ1n) is 5.84. The van der Waals surface area contributed by atoms with Gasteiger partial charge in [-0.25, -0.2) is 18.5 Å². The second-order valence-corrected chi connectivity index (χ2v) is 5.88. The summed E-state index contributed by atoms with van der Waals surface area (Å²) in [6.45, 7) is 1.67. The van der Waals surface area contributed by atoms with Crippen molar-refractivity contribution < 1.29 is 17.6 Å². The summed E-state index contributed by atoms with van der Waals surface area (Å²) in [4.78, 5) is 15.2. The van der Waals surface area contributed by atoms with Crippen molar-refractivity contribution in [2.45, 2.75) is 11.8 Å². The maximum absolute atomic E-state index is 13.4. The summed E-state index contributed by atoms with van der Waals surface area (Å²) in [6.07, 6.45) is 1.22. The maximum atomic E-state index is 13.4. The Morgan fingerprint density at radius 1 is 1.33 bits per heavy atom. The lowest BCUT2D eigenvalue weighted by Gasteiger charge is -2.10. The lowest BCUT2D eigenvalue weighted by molar-refractivity contribution is 0.102. The molecule has 0 aliphatic heterocycles. The van der Waals surface area contributed by atoms with Crippen LogP contribution in [0.1, 0.15) is 15.9 Å². The molecule has 6 nitrogen and oxygen atoms in total. The van der Waals surface area contributed by atoms with E-state index in [4.69, 9.17) is 5.14 Å². The number of nitrogens with zero attached hydrogens (tertiary/aromatic N) is 1. The monoisotopic (exact) mass is 309 g/mol. The van der Waals surface area contributed by atoms with Crippen molar-refractivity contribution in [3.63, 3.8) is 0 Å². The van der Waals surface area contributed by atoms with Crippen molar-refractivity contribution in [2.24, 2.45) is 5.14 Å². The van der Waals surface area contributed by atoms with E-state index >= 15 is 0 Å². The molecule has 1 aromatic heterocycles. The highest BCUT2D eigenvalue weighted by Crippen LogP contribution is 2.20. The van der Waals surface area contributed by atoms with E-state index in [1.165, 1.54) is 36.5 Å². The Hall–Kier alpha value is -2.32. The number of aryl methyl sites for hydroxylation is 1. The van der Waals surface area contributed by atoms with Crippen LogP contribution in [0.15, 0.2) is 41.4 Å². The minimum absolute atomic E-state index is 0.143. The van der Waals surface area contributed by atoms with Crippen LogP contribution in [-0.2, 0) is 10.0 Å². The molecule has 0 fully saturated rings. The number of primary sulfonamides is 1. The zero-order valence-electron chi connectivity index (χ0n) is 11.0. The highest BCUT2D eigenvalue weighted by Gasteiger charge is 2.15. The normalized spacial score (nSPS) is 11.2. The molecule has 1 amide bonds. The van der Waals surface area contributed by atoms with Gasteiger partial charge >= 0.3 is 0 Å². The number of nitrogens with one attached hydrogen (secondary N) is 1. The third kappa shape index (κ3) is 3.41. The molecule has 8 heteroatoms. The van der Waals surface area contributed by atoms with Crippen LogP contribution in [0.3, 0.4) is 0 Å². The van der Waals surface area contributed by atoms with Crippen molar-refractivity contribution in [1.82, 2.24) is 4.98 Å². The maximum Gasteiger partial charge on any atom is 0.260 e. The zero-order valence-corrected chi connectivity index (χ0v) is 11.8. The second kappa shape index (κ2) is 5.58. The molecule has 0 radical (unpaired) electrons. The molecule has 0 atom stereocenters. The first-order chi connectivity index (χ1) is 9.79. The Labute approximate surface area is 120 Å². The molecule has 0 spiro atoms. The Kier molecular flexibility index (Phi) is 4.01. The summed E-state index contributed by atoms with van der Waals surface area (Å²) < 4.78 is 36.0. The highest BCUT2D eigenvalue weighted by molar-refractivity contribution is 7.89. The van der Waals surface area contributed by atoms with Gasteiger partial charge in [0.05, 0.1) is 10.5 Å². The first-order valence-corrected chi connectivity index (χ1v) is 7.39. The van der Waals surface area contributed by atoms with Gasteiger partial charge in [0.1, 0.15) is 0 Å². The van der Waals surface area contributed by atoms with Gasteiger partial charge in [0.15, 0.2) is 0 Å². The molecular formula is C13H12FN3O3S. The number of rotatable bonds is 3. The molecule has 1 heterocycles. The fourth-order valence-electron chi connectivity index (χ4n) is 1.66. The topological polar surface area (TPSA) is 102 Å². The zero-order chi connectivity index (χ0) is 15.6. The molecule has 3 N–H and O–H groups in total. The molecule has 110 valence electrons. The van der Waals surface area contributed by atoms with E-state index in [1.54, 1.807) is 6.92 Å². The molecule has 0 bridgehead atoms. The Bertz CT molecular complexity index is 806. The van der Waals surface area contributed by atoms with Crippen LogP contribution in [0.5, 0.6) is 0 Å². The first kappa shape index (κ1) is 15.1. The van der Waals surface area contributed by atoms with E-state index in [-0.39, 0.29) is 16.1 Å². The molecule has 1 aromatic carbocycles. The van der Waals surface area contributed by atoms with E-state index < -0.39 is 21.9 Å². The van der Waals surface area contributed by atoms with Gasteiger partial charge in [0, 0.05) is 11.9 Å².